The highest BCUT2D eigenvalue weighted by atomic mass is 16.5. The number of nitrogens with one attached hydrogen (secondary N) is 2. The standard InChI is InChI=1S/C15H19N3O5/c16-15(22)17-11-5-3-9(4-6-11)13(19)18-12(14(20)21)10-2-1-7-23-8-10/h3-6,10,12H,1-2,7-8H2,(H,18,19)(H,20,21)(H3,16,17,22). The molecule has 1 saturated heterocycles. The zero-order valence-corrected chi connectivity index (χ0v) is 12.5. The van der Waals surface area contributed by atoms with Crippen molar-refractivity contribution >= 4 is 23.6 Å². The Bertz CT molecular complexity index is 581. The highest BCUT2D eigenvalue weighted by Gasteiger charge is 2.31. The summed E-state index contributed by atoms with van der Waals surface area (Å²) >= 11 is 0. The predicted octanol–water partition coefficient (Wildman–Crippen LogP) is 0.787. The van der Waals surface area contributed by atoms with Crippen LogP contribution in [0.5, 0.6) is 0 Å². The number of carboxylic acid groups (broad SMARTS) is 1. The summed E-state index contributed by atoms with van der Waals surface area (Å²) in [5, 5.41) is 14.2. The van der Waals surface area contributed by atoms with E-state index in [4.69, 9.17) is 10.5 Å². The molecular formula is C15H19N3O5. The molecule has 0 spiro atoms. The van der Waals surface area contributed by atoms with Gasteiger partial charge >= 0.3 is 12.0 Å². The number of benzene rings is 1. The number of carbonyl (C=O) groups excluding carboxylic acids is 2. The molecule has 0 saturated carbocycles. The van der Waals surface area contributed by atoms with Gasteiger partial charge in [-0.25, -0.2) is 9.59 Å². The number of ether oxygens (including phenoxy) is 1. The van der Waals surface area contributed by atoms with Crippen LogP contribution in [-0.4, -0.2) is 42.3 Å². The van der Waals surface area contributed by atoms with Crippen molar-refractivity contribution in [2.75, 3.05) is 18.5 Å². The molecule has 124 valence electrons. The Kier molecular flexibility index (Phi) is 5.53. The number of nitrogens with two attached hydrogens (primary N) is 1. The van der Waals surface area contributed by atoms with Crippen LogP contribution in [0.15, 0.2) is 24.3 Å². The Morgan fingerprint density at radius 1 is 1.26 bits per heavy atom. The van der Waals surface area contributed by atoms with E-state index in [9.17, 15) is 19.5 Å². The van der Waals surface area contributed by atoms with Crippen molar-refractivity contribution in [2.45, 2.75) is 18.9 Å². The van der Waals surface area contributed by atoms with Crippen LogP contribution in [0.2, 0.25) is 0 Å². The topological polar surface area (TPSA) is 131 Å². The number of hydrogen-bond acceptors (Lipinski definition) is 4. The van der Waals surface area contributed by atoms with E-state index in [1.165, 1.54) is 24.3 Å². The third-order valence-electron chi connectivity index (χ3n) is 3.63. The van der Waals surface area contributed by atoms with Gasteiger partial charge in [0.15, 0.2) is 0 Å². The van der Waals surface area contributed by atoms with Gasteiger partial charge in [-0.2, -0.15) is 0 Å². The summed E-state index contributed by atoms with van der Waals surface area (Å²) < 4.78 is 5.29. The molecule has 0 aromatic heterocycles. The molecule has 3 amide bonds. The zero-order valence-electron chi connectivity index (χ0n) is 12.5. The van der Waals surface area contributed by atoms with Crippen LogP contribution >= 0.6 is 0 Å². The maximum absolute atomic E-state index is 12.2. The third-order valence-corrected chi connectivity index (χ3v) is 3.63. The average Bonchev–Trinajstić information content (AvgIpc) is 2.53. The van der Waals surface area contributed by atoms with E-state index in [-0.39, 0.29) is 5.92 Å². The minimum Gasteiger partial charge on any atom is -0.480 e. The Balaban J connectivity index is 2.03. The molecule has 2 unspecified atom stereocenters. The molecule has 1 aliphatic heterocycles. The van der Waals surface area contributed by atoms with Crippen molar-refractivity contribution in [1.82, 2.24) is 5.32 Å². The molecule has 2 rings (SSSR count). The Hall–Kier alpha value is -2.61. The molecule has 1 fully saturated rings. The van der Waals surface area contributed by atoms with Crippen LogP contribution in [0, 0.1) is 5.92 Å². The Morgan fingerprint density at radius 3 is 2.48 bits per heavy atom. The van der Waals surface area contributed by atoms with E-state index in [0.717, 1.165) is 6.42 Å². The zero-order chi connectivity index (χ0) is 16.8. The highest BCUT2D eigenvalue weighted by Crippen LogP contribution is 2.18. The molecule has 5 N–H and O–H groups in total. The number of carbonyl (C=O) groups is 3. The molecule has 1 aromatic rings. The number of hydrogen-bond donors (Lipinski definition) is 4. The largest absolute Gasteiger partial charge is 0.480 e. The summed E-state index contributed by atoms with van der Waals surface area (Å²) in [4.78, 5) is 34.4. The summed E-state index contributed by atoms with van der Waals surface area (Å²) in [6.07, 6.45) is 1.47. The molecule has 0 aliphatic carbocycles. The van der Waals surface area contributed by atoms with Crippen LogP contribution in [0.3, 0.4) is 0 Å². The van der Waals surface area contributed by atoms with Crippen molar-refractivity contribution in [2.24, 2.45) is 11.7 Å². The second-order valence-corrected chi connectivity index (χ2v) is 5.33. The van der Waals surface area contributed by atoms with Crippen molar-refractivity contribution in [1.29, 1.82) is 0 Å². The molecular weight excluding hydrogens is 302 g/mol. The van der Waals surface area contributed by atoms with E-state index in [2.05, 4.69) is 10.6 Å². The number of urea groups is 1. The van der Waals surface area contributed by atoms with E-state index >= 15 is 0 Å². The van der Waals surface area contributed by atoms with Gasteiger partial charge < -0.3 is 26.2 Å². The first-order valence-corrected chi connectivity index (χ1v) is 7.25. The van der Waals surface area contributed by atoms with E-state index < -0.39 is 23.9 Å². The predicted molar refractivity (Wildman–Crippen MR) is 82.1 cm³/mol. The lowest BCUT2D eigenvalue weighted by atomic mass is 9.93. The lowest BCUT2D eigenvalue weighted by Crippen LogP contribution is -2.48. The summed E-state index contributed by atoms with van der Waals surface area (Å²) in [6, 6.07) is 4.29. The fraction of sp³-hybridized carbons (Fsp3) is 0.400. The van der Waals surface area contributed by atoms with Crippen molar-refractivity contribution in [3.63, 3.8) is 0 Å². The maximum Gasteiger partial charge on any atom is 0.326 e. The lowest BCUT2D eigenvalue weighted by Gasteiger charge is -2.28. The Labute approximate surface area is 133 Å². The molecule has 2 atom stereocenters. The van der Waals surface area contributed by atoms with E-state index in [0.29, 0.717) is 30.9 Å². The molecule has 23 heavy (non-hydrogen) atoms. The van der Waals surface area contributed by atoms with Gasteiger partial charge in [-0.15, -0.1) is 0 Å². The fourth-order valence-corrected chi connectivity index (χ4v) is 2.48. The Morgan fingerprint density at radius 2 is 1.96 bits per heavy atom. The summed E-state index contributed by atoms with van der Waals surface area (Å²) in [6.45, 7) is 0.934. The SMILES string of the molecule is NC(=O)Nc1ccc(C(=O)NC(C(=O)O)C2CCCOC2)cc1. The number of amides is 3. The van der Waals surface area contributed by atoms with Crippen molar-refractivity contribution in [3.05, 3.63) is 29.8 Å². The normalized spacial score (nSPS) is 18.7. The number of rotatable bonds is 5. The van der Waals surface area contributed by atoms with Gasteiger partial charge in [0.2, 0.25) is 0 Å². The van der Waals surface area contributed by atoms with E-state index in [1.807, 2.05) is 0 Å². The van der Waals surface area contributed by atoms with Crippen molar-refractivity contribution in [3.8, 4) is 0 Å². The minimum atomic E-state index is -1.08. The number of carboxylic acids is 1. The van der Waals surface area contributed by atoms with Gasteiger partial charge in [-0.05, 0) is 37.1 Å². The molecule has 8 nitrogen and oxygen atoms in total. The minimum absolute atomic E-state index is 0.249. The van der Waals surface area contributed by atoms with Gasteiger partial charge in [0.25, 0.3) is 5.91 Å². The summed E-state index contributed by atoms with van der Waals surface area (Å²) in [5.74, 6) is -1.82. The number of aliphatic carboxylic acids is 1. The monoisotopic (exact) mass is 321 g/mol. The summed E-state index contributed by atoms with van der Waals surface area (Å²) in [7, 11) is 0. The molecule has 1 aliphatic rings. The average molecular weight is 321 g/mol. The molecule has 8 heteroatoms. The first-order valence-electron chi connectivity index (χ1n) is 7.25. The lowest BCUT2D eigenvalue weighted by molar-refractivity contribution is -0.142. The van der Waals surface area contributed by atoms with Crippen LogP contribution in [0.25, 0.3) is 0 Å². The third kappa shape index (κ3) is 4.68. The van der Waals surface area contributed by atoms with Crippen LogP contribution in [-0.2, 0) is 9.53 Å². The van der Waals surface area contributed by atoms with Gasteiger partial charge in [0.05, 0.1) is 6.61 Å². The van der Waals surface area contributed by atoms with E-state index in [1.54, 1.807) is 0 Å². The second-order valence-electron chi connectivity index (χ2n) is 5.33. The fourth-order valence-electron chi connectivity index (χ4n) is 2.48. The molecule has 1 heterocycles. The maximum atomic E-state index is 12.2. The second kappa shape index (κ2) is 7.59. The van der Waals surface area contributed by atoms with Gasteiger partial charge in [0, 0.05) is 23.8 Å². The summed E-state index contributed by atoms with van der Waals surface area (Å²) in [5.41, 5.74) is 5.74. The number of primary amides is 1. The molecule has 0 radical (unpaired) electrons. The number of anilines is 1. The van der Waals surface area contributed by atoms with Gasteiger partial charge in [-0.1, -0.05) is 0 Å². The molecule has 1 aromatic carbocycles. The van der Waals surface area contributed by atoms with Crippen LogP contribution in [0.4, 0.5) is 10.5 Å². The first-order chi connectivity index (χ1) is 11.0. The highest BCUT2D eigenvalue weighted by molar-refractivity contribution is 5.97. The van der Waals surface area contributed by atoms with Crippen LogP contribution < -0.4 is 16.4 Å². The first kappa shape index (κ1) is 16.8. The molecule has 0 bridgehead atoms. The van der Waals surface area contributed by atoms with Gasteiger partial charge in [-0.3, -0.25) is 4.79 Å². The van der Waals surface area contributed by atoms with Gasteiger partial charge in [0.1, 0.15) is 6.04 Å². The smallest absolute Gasteiger partial charge is 0.326 e. The van der Waals surface area contributed by atoms with Crippen LogP contribution in [0.1, 0.15) is 23.2 Å². The quantitative estimate of drug-likeness (QED) is 0.636. The van der Waals surface area contributed by atoms with Crippen molar-refractivity contribution < 1.29 is 24.2 Å².